The molecule has 1 N–H and O–H groups in total. The first kappa shape index (κ1) is 12.1. The summed E-state index contributed by atoms with van der Waals surface area (Å²) in [7, 11) is 4.10. The molecule has 2 rings (SSSR count). The van der Waals surface area contributed by atoms with Gasteiger partial charge < -0.3 is 5.32 Å². The van der Waals surface area contributed by atoms with Gasteiger partial charge in [-0.25, -0.2) is 0 Å². The van der Waals surface area contributed by atoms with Crippen LogP contribution in [-0.4, -0.2) is 19.0 Å². The molecule has 17 heavy (non-hydrogen) atoms. The average molecular weight is 246 g/mol. The van der Waals surface area contributed by atoms with Gasteiger partial charge in [-0.05, 0) is 36.2 Å². The van der Waals surface area contributed by atoms with E-state index in [2.05, 4.69) is 59.0 Å². The third kappa shape index (κ3) is 3.58. The predicted octanol–water partition coefficient (Wildman–Crippen LogP) is 3.42. The Labute approximate surface area is 107 Å². The van der Waals surface area contributed by atoms with Gasteiger partial charge in [-0.2, -0.15) is 0 Å². The van der Waals surface area contributed by atoms with Crippen LogP contribution in [0.15, 0.2) is 41.8 Å². The summed E-state index contributed by atoms with van der Waals surface area (Å²) in [6.07, 6.45) is 0. The molecule has 0 saturated heterocycles. The van der Waals surface area contributed by atoms with Crippen molar-refractivity contribution >= 4 is 17.0 Å². The lowest BCUT2D eigenvalue weighted by Gasteiger charge is -2.15. The molecule has 3 heteroatoms. The lowest BCUT2D eigenvalue weighted by Crippen LogP contribution is -2.16. The summed E-state index contributed by atoms with van der Waals surface area (Å²) in [6, 6.07) is 12.9. The molecule has 2 aromatic rings. The van der Waals surface area contributed by atoms with Crippen molar-refractivity contribution in [2.45, 2.75) is 13.1 Å². The van der Waals surface area contributed by atoms with Crippen LogP contribution in [-0.2, 0) is 13.1 Å². The van der Waals surface area contributed by atoms with Gasteiger partial charge in [-0.1, -0.05) is 18.2 Å². The van der Waals surface area contributed by atoms with Crippen molar-refractivity contribution < 1.29 is 0 Å². The van der Waals surface area contributed by atoms with Crippen molar-refractivity contribution in [3.63, 3.8) is 0 Å². The number of rotatable bonds is 5. The first-order chi connectivity index (χ1) is 8.28. The standard InChI is InChI=1S/C14H18N2S/c1-15-13-7-5-12(6-8-13)10-16(2)11-14-4-3-9-17-14/h3-9,15H,10-11H2,1-2H3. The molecule has 0 radical (unpaired) electrons. The maximum atomic E-state index is 3.13. The van der Waals surface area contributed by atoms with Crippen molar-refractivity contribution in [1.29, 1.82) is 0 Å². The highest BCUT2D eigenvalue weighted by Crippen LogP contribution is 2.14. The second-order valence-corrected chi connectivity index (χ2v) is 5.23. The van der Waals surface area contributed by atoms with Crippen LogP contribution in [0, 0.1) is 0 Å². The van der Waals surface area contributed by atoms with Crippen LogP contribution in [0.3, 0.4) is 0 Å². The normalized spacial score (nSPS) is 10.8. The van der Waals surface area contributed by atoms with Gasteiger partial charge in [0.15, 0.2) is 0 Å². The molecule has 0 atom stereocenters. The highest BCUT2D eigenvalue weighted by molar-refractivity contribution is 7.09. The summed E-state index contributed by atoms with van der Waals surface area (Å²) in [5, 5.41) is 5.26. The molecule has 1 aromatic heterocycles. The van der Waals surface area contributed by atoms with Gasteiger partial charge in [0.2, 0.25) is 0 Å². The minimum absolute atomic E-state index is 0.988. The molecule has 0 spiro atoms. The van der Waals surface area contributed by atoms with Gasteiger partial charge >= 0.3 is 0 Å². The van der Waals surface area contributed by atoms with Crippen LogP contribution >= 0.6 is 11.3 Å². The Morgan fingerprint density at radius 1 is 1.12 bits per heavy atom. The van der Waals surface area contributed by atoms with Gasteiger partial charge in [-0.3, -0.25) is 4.90 Å². The van der Waals surface area contributed by atoms with Gasteiger partial charge in [0.05, 0.1) is 0 Å². The van der Waals surface area contributed by atoms with E-state index >= 15 is 0 Å². The Morgan fingerprint density at radius 2 is 1.88 bits per heavy atom. The Bertz CT molecular complexity index is 434. The van der Waals surface area contributed by atoms with E-state index in [1.54, 1.807) is 0 Å². The third-order valence-electron chi connectivity index (χ3n) is 2.70. The van der Waals surface area contributed by atoms with E-state index in [4.69, 9.17) is 0 Å². The number of anilines is 1. The fourth-order valence-electron chi connectivity index (χ4n) is 1.81. The van der Waals surface area contributed by atoms with Gasteiger partial charge in [0.1, 0.15) is 0 Å². The van der Waals surface area contributed by atoms with E-state index in [1.165, 1.54) is 10.4 Å². The Kier molecular flexibility index (Phi) is 4.18. The molecule has 90 valence electrons. The number of thiophene rings is 1. The summed E-state index contributed by atoms with van der Waals surface area (Å²) >= 11 is 1.82. The van der Waals surface area contributed by atoms with Crippen LogP contribution in [0.5, 0.6) is 0 Å². The van der Waals surface area contributed by atoms with Crippen molar-refractivity contribution in [3.8, 4) is 0 Å². The SMILES string of the molecule is CNc1ccc(CN(C)Cc2cccs2)cc1. The lowest BCUT2D eigenvalue weighted by atomic mass is 10.2. The molecule has 0 bridgehead atoms. The first-order valence-corrected chi connectivity index (χ1v) is 6.63. The molecule has 0 unspecified atom stereocenters. The predicted molar refractivity (Wildman–Crippen MR) is 75.5 cm³/mol. The summed E-state index contributed by atoms with van der Waals surface area (Å²) in [6.45, 7) is 2.01. The molecule has 0 aliphatic carbocycles. The highest BCUT2D eigenvalue weighted by Gasteiger charge is 2.02. The van der Waals surface area contributed by atoms with Crippen LogP contribution < -0.4 is 5.32 Å². The smallest absolute Gasteiger partial charge is 0.0337 e. The van der Waals surface area contributed by atoms with Crippen LogP contribution in [0.25, 0.3) is 0 Å². The van der Waals surface area contributed by atoms with E-state index in [0.717, 1.165) is 18.8 Å². The Morgan fingerprint density at radius 3 is 2.47 bits per heavy atom. The average Bonchev–Trinajstić information content (AvgIpc) is 2.82. The number of nitrogens with zero attached hydrogens (tertiary/aromatic N) is 1. The molecular weight excluding hydrogens is 228 g/mol. The number of hydrogen-bond acceptors (Lipinski definition) is 3. The van der Waals surface area contributed by atoms with E-state index < -0.39 is 0 Å². The minimum atomic E-state index is 0.988. The van der Waals surface area contributed by atoms with Crippen LogP contribution in [0.1, 0.15) is 10.4 Å². The van der Waals surface area contributed by atoms with Gasteiger partial charge in [0.25, 0.3) is 0 Å². The molecule has 1 heterocycles. The topological polar surface area (TPSA) is 15.3 Å². The van der Waals surface area contributed by atoms with Crippen LogP contribution in [0.4, 0.5) is 5.69 Å². The van der Waals surface area contributed by atoms with Gasteiger partial charge in [-0.15, -0.1) is 11.3 Å². The highest BCUT2D eigenvalue weighted by atomic mass is 32.1. The van der Waals surface area contributed by atoms with Crippen LogP contribution in [0.2, 0.25) is 0 Å². The Hall–Kier alpha value is -1.32. The number of hydrogen-bond donors (Lipinski definition) is 1. The van der Waals surface area contributed by atoms with Crippen molar-refractivity contribution in [1.82, 2.24) is 4.90 Å². The summed E-state index contributed by atoms with van der Waals surface area (Å²) in [5.41, 5.74) is 2.51. The van der Waals surface area contributed by atoms with E-state index in [1.807, 2.05) is 18.4 Å². The van der Waals surface area contributed by atoms with E-state index in [-0.39, 0.29) is 0 Å². The molecule has 0 aliphatic rings. The molecule has 0 aliphatic heterocycles. The number of benzene rings is 1. The molecule has 0 saturated carbocycles. The van der Waals surface area contributed by atoms with E-state index in [0.29, 0.717) is 0 Å². The third-order valence-corrected chi connectivity index (χ3v) is 3.56. The second-order valence-electron chi connectivity index (χ2n) is 4.20. The molecule has 0 amide bonds. The summed E-state index contributed by atoms with van der Waals surface area (Å²) in [4.78, 5) is 3.75. The monoisotopic (exact) mass is 246 g/mol. The maximum Gasteiger partial charge on any atom is 0.0337 e. The van der Waals surface area contributed by atoms with Gasteiger partial charge in [0, 0.05) is 30.7 Å². The molecule has 0 fully saturated rings. The van der Waals surface area contributed by atoms with Crippen molar-refractivity contribution in [2.24, 2.45) is 0 Å². The molecular formula is C14H18N2S. The summed E-state index contributed by atoms with van der Waals surface area (Å²) in [5.74, 6) is 0. The zero-order valence-corrected chi connectivity index (χ0v) is 11.1. The fourth-order valence-corrected chi connectivity index (χ4v) is 2.60. The van der Waals surface area contributed by atoms with Crippen molar-refractivity contribution in [2.75, 3.05) is 19.4 Å². The Balaban J connectivity index is 1.91. The first-order valence-electron chi connectivity index (χ1n) is 5.75. The number of nitrogens with one attached hydrogen (secondary N) is 1. The zero-order chi connectivity index (χ0) is 12.1. The minimum Gasteiger partial charge on any atom is -0.388 e. The summed E-state index contributed by atoms with van der Waals surface area (Å²) < 4.78 is 0. The largest absolute Gasteiger partial charge is 0.388 e. The second kappa shape index (κ2) is 5.84. The quantitative estimate of drug-likeness (QED) is 0.869. The lowest BCUT2D eigenvalue weighted by molar-refractivity contribution is 0.322. The fraction of sp³-hybridized carbons (Fsp3) is 0.286. The molecule has 1 aromatic carbocycles. The molecule has 2 nitrogen and oxygen atoms in total. The zero-order valence-electron chi connectivity index (χ0n) is 10.3. The van der Waals surface area contributed by atoms with E-state index in [9.17, 15) is 0 Å². The maximum absolute atomic E-state index is 3.13. The van der Waals surface area contributed by atoms with Crippen molar-refractivity contribution in [3.05, 3.63) is 52.2 Å².